The Kier molecular flexibility index (Phi) is 6.61. The highest BCUT2D eigenvalue weighted by atomic mass is 35.5. The molecule has 0 saturated heterocycles. The molecule has 0 atom stereocenters. The summed E-state index contributed by atoms with van der Waals surface area (Å²) in [7, 11) is 2.86. The minimum Gasteiger partial charge on any atom is -0.500 e. The van der Waals surface area contributed by atoms with Gasteiger partial charge in [0.15, 0.2) is 0 Å². The molecular formula is C15H16ClNO3. The maximum Gasteiger partial charge on any atom is 0.305 e. The number of allylic oxidation sites excluding steroid dienone is 2. The average molecular weight is 294 g/mol. The molecule has 0 heterocycles. The summed E-state index contributed by atoms with van der Waals surface area (Å²) in [5.74, 6) is 0.264. The van der Waals surface area contributed by atoms with E-state index in [-0.39, 0.29) is 12.4 Å². The number of carbonyl (C=O) groups excluding carboxylic acids is 1. The Bertz CT molecular complexity index is 546. The van der Waals surface area contributed by atoms with Crippen LogP contribution in [0.15, 0.2) is 30.0 Å². The number of rotatable bonds is 6. The van der Waals surface area contributed by atoms with Crippen LogP contribution in [-0.4, -0.2) is 20.2 Å². The molecule has 0 saturated carbocycles. The van der Waals surface area contributed by atoms with Crippen molar-refractivity contribution in [2.24, 2.45) is 0 Å². The van der Waals surface area contributed by atoms with Crippen LogP contribution in [0.5, 0.6) is 0 Å². The first-order chi connectivity index (χ1) is 9.62. The summed E-state index contributed by atoms with van der Waals surface area (Å²) in [6.07, 6.45) is 1.33. The minimum absolute atomic E-state index is 0.276. The van der Waals surface area contributed by atoms with Crippen molar-refractivity contribution in [3.63, 3.8) is 0 Å². The zero-order valence-electron chi connectivity index (χ0n) is 11.5. The van der Waals surface area contributed by atoms with Gasteiger partial charge in [-0.1, -0.05) is 23.7 Å². The molecule has 0 bridgehead atoms. The average Bonchev–Trinajstić information content (AvgIpc) is 2.46. The first kappa shape index (κ1) is 16.1. The summed E-state index contributed by atoms with van der Waals surface area (Å²) in [5, 5.41) is 9.86. The number of hydrogen-bond donors (Lipinski definition) is 0. The fourth-order valence-electron chi connectivity index (χ4n) is 1.76. The lowest BCUT2D eigenvalue weighted by Crippen LogP contribution is -2.01. The molecule has 0 unspecified atom stereocenters. The number of esters is 1. The Morgan fingerprint density at radius 2 is 2.05 bits per heavy atom. The summed E-state index contributed by atoms with van der Waals surface area (Å²) in [4.78, 5) is 11.1. The van der Waals surface area contributed by atoms with Gasteiger partial charge in [0.1, 0.15) is 11.8 Å². The highest BCUT2D eigenvalue weighted by molar-refractivity contribution is 6.30. The number of nitriles is 1. The molecule has 0 aliphatic rings. The zero-order valence-corrected chi connectivity index (χ0v) is 12.2. The van der Waals surface area contributed by atoms with Crippen molar-refractivity contribution in [1.29, 1.82) is 5.26 Å². The van der Waals surface area contributed by atoms with Crippen LogP contribution < -0.4 is 0 Å². The van der Waals surface area contributed by atoms with Crippen molar-refractivity contribution < 1.29 is 14.3 Å². The predicted octanol–water partition coefficient (Wildman–Crippen LogP) is 3.56. The summed E-state index contributed by atoms with van der Waals surface area (Å²) in [5.41, 5.74) is 1.13. The molecule has 0 radical (unpaired) electrons. The second-order valence-corrected chi connectivity index (χ2v) is 4.49. The van der Waals surface area contributed by atoms with Crippen molar-refractivity contribution in [1.82, 2.24) is 0 Å². The van der Waals surface area contributed by atoms with Crippen LogP contribution >= 0.6 is 11.6 Å². The first-order valence-corrected chi connectivity index (χ1v) is 6.50. The summed E-state index contributed by atoms with van der Waals surface area (Å²) >= 11 is 5.92. The Morgan fingerprint density at radius 1 is 1.30 bits per heavy atom. The quantitative estimate of drug-likeness (QED) is 0.457. The van der Waals surface area contributed by atoms with Crippen molar-refractivity contribution in [2.45, 2.75) is 19.3 Å². The lowest BCUT2D eigenvalue weighted by Gasteiger charge is -2.09. The van der Waals surface area contributed by atoms with Gasteiger partial charge in [-0.15, -0.1) is 0 Å². The Morgan fingerprint density at radius 3 is 2.60 bits per heavy atom. The maximum absolute atomic E-state index is 11.1. The van der Waals surface area contributed by atoms with E-state index in [0.717, 1.165) is 0 Å². The molecule has 106 valence electrons. The third kappa shape index (κ3) is 4.60. The first-order valence-electron chi connectivity index (χ1n) is 6.12. The fourth-order valence-corrected chi connectivity index (χ4v) is 1.95. The van der Waals surface area contributed by atoms with Gasteiger partial charge in [-0.3, -0.25) is 4.79 Å². The van der Waals surface area contributed by atoms with Gasteiger partial charge in [0.25, 0.3) is 0 Å². The van der Waals surface area contributed by atoms with Crippen molar-refractivity contribution >= 4 is 23.1 Å². The summed E-state index contributed by atoms with van der Waals surface area (Å²) in [6, 6.07) is 9.15. The van der Waals surface area contributed by atoms with Gasteiger partial charge in [0.2, 0.25) is 0 Å². The van der Waals surface area contributed by atoms with E-state index in [1.165, 1.54) is 14.2 Å². The van der Waals surface area contributed by atoms with Crippen LogP contribution in [0.25, 0.3) is 5.57 Å². The maximum atomic E-state index is 11.1. The molecule has 5 heteroatoms. The van der Waals surface area contributed by atoms with E-state index < -0.39 is 0 Å². The van der Waals surface area contributed by atoms with Gasteiger partial charge in [-0.25, -0.2) is 0 Å². The summed E-state index contributed by atoms with van der Waals surface area (Å²) < 4.78 is 9.85. The number of methoxy groups -OCH3 is 2. The van der Waals surface area contributed by atoms with Crippen LogP contribution in [0, 0.1) is 11.3 Å². The van der Waals surface area contributed by atoms with Gasteiger partial charge < -0.3 is 9.47 Å². The van der Waals surface area contributed by atoms with Crippen molar-refractivity contribution in [3.05, 3.63) is 40.6 Å². The molecule has 1 aromatic carbocycles. The Labute approximate surface area is 123 Å². The third-order valence-electron chi connectivity index (χ3n) is 2.76. The zero-order chi connectivity index (χ0) is 15.0. The number of ether oxygens (including phenoxy) is 2. The van der Waals surface area contributed by atoms with Gasteiger partial charge >= 0.3 is 5.97 Å². The minimum atomic E-state index is -0.276. The smallest absolute Gasteiger partial charge is 0.305 e. The number of halogens is 1. The van der Waals surface area contributed by atoms with E-state index in [4.69, 9.17) is 16.3 Å². The van der Waals surface area contributed by atoms with E-state index in [0.29, 0.717) is 34.8 Å². The van der Waals surface area contributed by atoms with Gasteiger partial charge in [0, 0.05) is 17.9 Å². The van der Waals surface area contributed by atoms with E-state index in [9.17, 15) is 10.1 Å². The van der Waals surface area contributed by atoms with Crippen molar-refractivity contribution in [2.75, 3.05) is 14.2 Å². The molecule has 4 nitrogen and oxygen atoms in total. The molecule has 0 aliphatic heterocycles. The van der Waals surface area contributed by atoms with Crippen molar-refractivity contribution in [3.8, 4) is 6.07 Å². The molecule has 1 aromatic rings. The lowest BCUT2D eigenvalue weighted by molar-refractivity contribution is -0.140. The van der Waals surface area contributed by atoms with Gasteiger partial charge in [0.05, 0.1) is 19.8 Å². The highest BCUT2D eigenvalue weighted by Gasteiger charge is 2.11. The van der Waals surface area contributed by atoms with Gasteiger partial charge in [-0.05, 0) is 24.1 Å². The molecule has 0 amide bonds. The SMILES string of the molecule is COC(=O)CCC/C(OC)=C(/C#N)c1cccc(Cl)c1. The topological polar surface area (TPSA) is 59.3 Å². The van der Waals surface area contributed by atoms with E-state index >= 15 is 0 Å². The van der Waals surface area contributed by atoms with E-state index in [1.54, 1.807) is 24.3 Å². The second kappa shape index (κ2) is 8.23. The number of hydrogen-bond acceptors (Lipinski definition) is 4. The van der Waals surface area contributed by atoms with Crippen LogP contribution in [0.2, 0.25) is 5.02 Å². The van der Waals surface area contributed by atoms with E-state index in [1.807, 2.05) is 0 Å². The fraction of sp³-hybridized carbons (Fsp3) is 0.333. The lowest BCUT2D eigenvalue weighted by atomic mass is 10.0. The molecular weight excluding hydrogens is 278 g/mol. The number of nitrogens with zero attached hydrogens (tertiary/aromatic N) is 1. The molecule has 0 spiro atoms. The van der Waals surface area contributed by atoms with Crippen LogP contribution in [0.1, 0.15) is 24.8 Å². The molecule has 0 N–H and O–H groups in total. The molecule has 1 rings (SSSR count). The molecule has 0 fully saturated rings. The number of benzene rings is 1. The predicted molar refractivity (Wildman–Crippen MR) is 76.9 cm³/mol. The van der Waals surface area contributed by atoms with Crippen LogP contribution in [0.4, 0.5) is 0 Å². The van der Waals surface area contributed by atoms with E-state index in [2.05, 4.69) is 10.8 Å². The monoisotopic (exact) mass is 293 g/mol. The normalized spacial score (nSPS) is 11.3. The standard InChI is InChI=1S/C15H16ClNO3/c1-19-14(7-4-8-15(18)20-2)13(10-17)11-5-3-6-12(16)9-11/h3,5-6,9H,4,7-8H2,1-2H3/b14-13+. The number of carbonyl (C=O) groups is 1. The summed E-state index contributed by atoms with van der Waals surface area (Å²) in [6.45, 7) is 0. The third-order valence-corrected chi connectivity index (χ3v) is 3.00. The highest BCUT2D eigenvalue weighted by Crippen LogP contribution is 2.24. The Hall–Kier alpha value is -1.99. The molecule has 0 aliphatic carbocycles. The molecule has 0 aromatic heterocycles. The second-order valence-electron chi connectivity index (χ2n) is 4.05. The van der Waals surface area contributed by atoms with Gasteiger partial charge in [-0.2, -0.15) is 5.26 Å². The largest absolute Gasteiger partial charge is 0.500 e. The van der Waals surface area contributed by atoms with Crippen LogP contribution in [-0.2, 0) is 14.3 Å². The molecule has 20 heavy (non-hydrogen) atoms. The van der Waals surface area contributed by atoms with Crippen LogP contribution in [0.3, 0.4) is 0 Å². The Balaban J connectivity index is 2.91.